The van der Waals surface area contributed by atoms with E-state index in [1.165, 1.54) is 30.3 Å². The van der Waals surface area contributed by atoms with E-state index in [9.17, 15) is 18.0 Å². The molecule has 1 amide bonds. The van der Waals surface area contributed by atoms with Crippen molar-refractivity contribution in [3.63, 3.8) is 0 Å². The van der Waals surface area contributed by atoms with Crippen molar-refractivity contribution in [2.75, 3.05) is 11.9 Å². The van der Waals surface area contributed by atoms with E-state index in [1.54, 1.807) is 17.0 Å². The van der Waals surface area contributed by atoms with Crippen LogP contribution in [0.3, 0.4) is 0 Å². The van der Waals surface area contributed by atoms with Gasteiger partial charge in [-0.1, -0.05) is 36.4 Å². The zero-order valence-corrected chi connectivity index (χ0v) is 21.2. The average molecular weight is 543 g/mol. The lowest BCUT2D eigenvalue weighted by atomic mass is 10.2. The van der Waals surface area contributed by atoms with Crippen molar-refractivity contribution in [3.8, 4) is 17.1 Å². The quantitative estimate of drug-likeness (QED) is 0.221. The summed E-state index contributed by atoms with van der Waals surface area (Å²) < 4.78 is 35.4. The SMILES string of the molecule is NS(=O)(=O)c1ccc(NC(=O)COC(=O)/C=C/c2cn(-c3ccccc3)nc2-c2cc3ccccc3o2)cc1. The number of anilines is 1. The smallest absolute Gasteiger partial charge is 0.331 e. The summed E-state index contributed by atoms with van der Waals surface area (Å²) in [5.74, 6) is -0.801. The first-order valence-corrected chi connectivity index (χ1v) is 13.2. The second-order valence-electron chi connectivity index (χ2n) is 8.42. The van der Waals surface area contributed by atoms with Gasteiger partial charge >= 0.3 is 5.97 Å². The van der Waals surface area contributed by atoms with Gasteiger partial charge in [0, 0.05) is 28.9 Å². The summed E-state index contributed by atoms with van der Waals surface area (Å²) in [6, 6.07) is 24.2. The standard InChI is InChI=1S/C28H22N4O6S/c29-39(35,36)23-13-11-21(12-14-23)30-26(33)18-37-27(34)15-10-20-17-32(22-7-2-1-3-8-22)31-28(20)25-16-19-6-4-5-9-24(19)38-25/h1-17H,18H2,(H,30,33)(H2,29,35,36)/b15-10+. The lowest BCUT2D eigenvalue weighted by Gasteiger charge is -2.06. The van der Waals surface area contributed by atoms with E-state index < -0.39 is 28.5 Å². The van der Waals surface area contributed by atoms with Gasteiger partial charge in [-0.3, -0.25) is 4.79 Å². The van der Waals surface area contributed by atoms with Gasteiger partial charge in [-0.2, -0.15) is 5.10 Å². The van der Waals surface area contributed by atoms with E-state index in [0.717, 1.165) is 11.1 Å². The normalized spacial score (nSPS) is 11.6. The number of carbonyl (C=O) groups excluding carboxylic acids is 2. The second-order valence-corrected chi connectivity index (χ2v) is 9.98. The minimum absolute atomic E-state index is 0.0883. The van der Waals surface area contributed by atoms with Crippen LogP contribution >= 0.6 is 0 Å². The van der Waals surface area contributed by atoms with E-state index >= 15 is 0 Å². The Kier molecular flexibility index (Phi) is 7.08. The number of nitrogens with zero attached hydrogens (tertiary/aromatic N) is 2. The number of carbonyl (C=O) groups is 2. The summed E-state index contributed by atoms with van der Waals surface area (Å²) in [5, 5.41) is 13.2. The highest BCUT2D eigenvalue weighted by molar-refractivity contribution is 7.89. The van der Waals surface area contributed by atoms with Crippen LogP contribution in [0.5, 0.6) is 0 Å². The minimum atomic E-state index is -3.84. The molecule has 0 atom stereocenters. The molecule has 0 aliphatic rings. The number of ether oxygens (including phenoxy) is 1. The maximum atomic E-state index is 12.4. The van der Waals surface area contributed by atoms with Crippen LogP contribution in [0.1, 0.15) is 5.56 Å². The van der Waals surface area contributed by atoms with Crippen LogP contribution < -0.4 is 10.5 Å². The molecule has 3 N–H and O–H groups in total. The van der Waals surface area contributed by atoms with Crippen molar-refractivity contribution in [1.29, 1.82) is 0 Å². The summed E-state index contributed by atoms with van der Waals surface area (Å²) in [6.07, 6.45) is 4.51. The number of hydrogen-bond donors (Lipinski definition) is 2. The molecule has 0 fully saturated rings. The van der Waals surface area contributed by atoms with E-state index in [0.29, 0.717) is 28.3 Å². The fourth-order valence-corrected chi connectivity index (χ4v) is 4.30. The predicted molar refractivity (Wildman–Crippen MR) is 145 cm³/mol. The van der Waals surface area contributed by atoms with Crippen molar-refractivity contribution in [3.05, 3.63) is 103 Å². The van der Waals surface area contributed by atoms with Crippen LogP contribution in [0.25, 0.3) is 34.2 Å². The van der Waals surface area contributed by atoms with Crippen LogP contribution in [0.2, 0.25) is 0 Å². The number of sulfonamides is 1. The van der Waals surface area contributed by atoms with Crippen molar-refractivity contribution < 1.29 is 27.2 Å². The van der Waals surface area contributed by atoms with E-state index in [2.05, 4.69) is 10.4 Å². The van der Waals surface area contributed by atoms with Gasteiger partial charge in [0.1, 0.15) is 11.3 Å². The number of aromatic nitrogens is 2. The molecule has 39 heavy (non-hydrogen) atoms. The van der Waals surface area contributed by atoms with Crippen LogP contribution in [0.15, 0.2) is 107 Å². The Labute approximate surface area is 223 Å². The summed E-state index contributed by atoms with van der Waals surface area (Å²) in [6.45, 7) is -0.542. The number of nitrogens with one attached hydrogen (secondary N) is 1. The Balaban J connectivity index is 1.29. The van der Waals surface area contributed by atoms with E-state index in [1.807, 2.05) is 60.7 Å². The molecule has 0 bridgehead atoms. The van der Waals surface area contributed by atoms with Gasteiger partial charge < -0.3 is 14.5 Å². The van der Waals surface area contributed by atoms with Gasteiger partial charge in [-0.05, 0) is 54.6 Å². The number of amides is 1. The first kappa shape index (κ1) is 25.6. The average Bonchev–Trinajstić information content (AvgIpc) is 3.55. The molecule has 2 heterocycles. The van der Waals surface area contributed by atoms with Gasteiger partial charge in [-0.25, -0.2) is 23.0 Å². The Morgan fingerprint density at radius 3 is 2.44 bits per heavy atom. The van der Waals surface area contributed by atoms with Gasteiger partial charge in [0.2, 0.25) is 10.0 Å². The molecule has 0 radical (unpaired) electrons. The number of esters is 1. The first-order valence-electron chi connectivity index (χ1n) is 11.7. The number of furan rings is 1. The number of para-hydroxylation sites is 2. The van der Waals surface area contributed by atoms with Crippen LogP contribution in [0.4, 0.5) is 5.69 Å². The van der Waals surface area contributed by atoms with Crippen molar-refractivity contribution in [2.45, 2.75) is 4.90 Å². The molecular formula is C28H22N4O6S. The highest BCUT2D eigenvalue weighted by Crippen LogP contribution is 2.30. The highest BCUT2D eigenvalue weighted by Gasteiger charge is 2.16. The monoisotopic (exact) mass is 542 g/mol. The van der Waals surface area contributed by atoms with Gasteiger partial charge in [0.15, 0.2) is 12.4 Å². The van der Waals surface area contributed by atoms with Crippen LogP contribution in [-0.4, -0.2) is 36.7 Å². The first-order chi connectivity index (χ1) is 18.8. The Morgan fingerprint density at radius 1 is 1.00 bits per heavy atom. The van der Waals surface area contributed by atoms with Gasteiger partial charge in [0.25, 0.3) is 5.91 Å². The van der Waals surface area contributed by atoms with Crippen molar-refractivity contribution >= 4 is 44.6 Å². The molecule has 11 heteroatoms. The van der Waals surface area contributed by atoms with Gasteiger partial charge in [-0.15, -0.1) is 0 Å². The number of nitrogens with two attached hydrogens (primary N) is 1. The third-order valence-corrected chi connectivity index (χ3v) is 6.56. The summed E-state index contributed by atoms with van der Waals surface area (Å²) in [5.41, 5.74) is 2.99. The molecule has 5 rings (SSSR count). The molecule has 196 valence electrons. The van der Waals surface area contributed by atoms with Crippen LogP contribution in [-0.2, 0) is 24.3 Å². The van der Waals surface area contributed by atoms with E-state index in [4.69, 9.17) is 14.3 Å². The largest absolute Gasteiger partial charge is 0.454 e. The van der Waals surface area contributed by atoms with Crippen molar-refractivity contribution in [1.82, 2.24) is 9.78 Å². The molecule has 0 saturated carbocycles. The molecule has 10 nitrogen and oxygen atoms in total. The molecule has 5 aromatic rings. The summed E-state index contributed by atoms with van der Waals surface area (Å²) in [7, 11) is -3.84. The Hall–Kier alpha value is -5.00. The number of benzene rings is 3. The van der Waals surface area contributed by atoms with Gasteiger partial charge in [0.05, 0.1) is 10.6 Å². The zero-order valence-electron chi connectivity index (χ0n) is 20.4. The lowest BCUT2D eigenvalue weighted by molar-refractivity contribution is -0.142. The molecule has 0 unspecified atom stereocenters. The summed E-state index contributed by atoms with van der Waals surface area (Å²) >= 11 is 0. The third kappa shape index (κ3) is 6.12. The lowest BCUT2D eigenvalue weighted by Crippen LogP contribution is -2.20. The minimum Gasteiger partial charge on any atom is -0.454 e. The molecule has 0 saturated heterocycles. The fraction of sp³-hybridized carbons (Fsp3) is 0.0357. The maximum Gasteiger partial charge on any atom is 0.331 e. The molecule has 0 aliphatic heterocycles. The molecule has 2 aromatic heterocycles. The molecule has 0 aliphatic carbocycles. The number of primary sulfonamides is 1. The molecule has 0 spiro atoms. The highest BCUT2D eigenvalue weighted by atomic mass is 32.2. The maximum absolute atomic E-state index is 12.4. The number of rotatable bonds is 8. The third-order valence-electron chi connectivity index (χ3n) is 5.63. The zero-order chi connectivity index (χ0) is 27.4. The number of hydrogen-bond acceptors (Lipinski definition) is 7. The van der Waals surface area contributed by atoms with Crippen molar-refractivity contribution in [2.24, 2.45) is 5.14 Å². The molecule has 3 aromatic carbocycles. The van der Waals surface area contributed by atoms with E-state index in [-0.39, 0.29) is 4.90 Å². The topological polar surface area (TPSA) is 147 Å². The molecular weight excluding hydrogens is 520 g/mol. The Morgan fingerprint density at radius 2 is 1.72 bits per heavy atom. The summed E-state index contributed by atoms with van der Waals surface area (Å²) in [4.78, 5) is 24.5. The Bertz CT molecular complexity index is 1760. The predicted octanol–water partition coefficient (Wildman–Crippen LogP) is 4.13. The number of fused-ring (bicyclic) bond motifs is 1. The fourth-order valence-electron chi connectivity index (χ4n) is 3.78. The second kappa shape index (κ2) is 10.8. The van der Waals surface area contributed by atoms with Crippen LogP contribution in [0, 0.1) is 0 Å².